The Labute approximate surface area is 146 Å². The summed E-state index contributed by atoms with van der Waals surface area (Å²) in [5.41, 5.74) is 0.0847. The van der Waals surface area contributed by atoms with Gasteiger partial charge in [0.1, 0.15) is 0 Å². The molecule has 0 N–H and O–H groups in total. The van der Waals surface area contributed by atoms with Crippen molar-refractivity contribution in [1.82, 2.24) is 9.80 Å². The molecule has 2 aliphatic heterocycles. The second-order valence-corrected chi connectivity index (χ2v) is 7.17. The summed E-state index contributed by atoms with van der Waals surface area (Å²) in [6, 6.07) is 3.75. The SMILES string of the molecule is CCCC(=O)N1CC[C@]2(CCCN(Cc3ccc(F)c(F)c3)C2=O)C1. The lowest BCUT2D eigenvalue weighted by Gasteiger charge is -2.39. The molecular weight excluding hydrogens is 326 g/mol. The van der Waals surface area contributed by atoms with Crippen molar-refractivity contribution >= 4 is 11.8 Å². The summed E-state index contributed by atoms with van der Waals surface area (Å²) in [7, 11) is 0. The van der Waals surface area contributed by atoms with E-state index in [1.807, 2.05) is 11.8 Å². The van der Waals surface area contributed by atoms with Crippen molar-refractivity contribution in [1.29, 1.82) is 0 Å². The fourth-order valence-electron chi connectivity index (χ4n) is 4.00. The smallest absolute Gasteiger partial charge is 0.230 e. The third-order valence-electron chi connectivity index (χ3n) is 5.35. The second kappa shape index (κ2) is 7.10. The number of carbonyl (C=O) groups is 2. The monoisotopic (exact) mass is 350 g/mol. The first-order valence-corrected chi connectivity index (χ1v) is 8.96. The fourth-order valence-corrected chi connectivity index (χ4v) is 4.00. The molecule has 0 unspecified atom stereocenters. The van der Waals surface area contributed by atoms with Gasteiger partial charge in [-0.3, -0.25) is 9.59 Å². The summed E-state index contributed by atoms with van der Waals surface area (Å²) in [6.45, 7) is 3.98. The number of rotatable bonds is 4. The summed E-state index contributed by atoms with van der Waals surface area (Å²) in [5.74, 6) is -1.62. The lowest BCUT2D eigenvalue weighted by molar-refractivity contribution is -0.146. The van der Waals surface area contributed by atoms with Gasteiger partial charge in [-0.1, -0.05) is 13.0 Å². The average Bonchev–Trinajstić information content (AvgIpc) is 3.01. The van der Waals surface area contributed by atoms with Crippen molar-refractivity contribution in [3.05, 3.63) is 35.4 Å². The highest BCUT2D eigenvalue weighted by Crippen LogP contribution is 2.40. The Morgan fingerprint density at radius 1 is 1.20 bits per heavy atom. The third-order valence-corrected chi connectivity index (χ3v) is 5.35. The molecule has 2 amide bonds. The van der Waals surface area contributed by atoms with E-state index in [0.29, 0.717) is 38.0 Å². The van der Waals surface area contributed by atoms with Crippen LogP contribution in [0, 0.1) is 17.0 Å². The van der Waals surface area contributed by atoms with E-state index in [0.717, 1.165) is 31.4 Å². The largest absolute Gasteiger partial charge is 0.342 e. The molecule has 4 nitrogen and oxygen atoms in total. The van der Waals surface area contributed by atoms with Crippen LogP contribution >= 0.6 is 0 Å². The maximum absolute atomic E-state index is 13.4. The number of likely N-dealkylation sites (tertiary alicyclic amines) is 2. The van der Waals surface area contributed by atoms with E-state index in [-0.39, 0.29) is 18.4 Å². The number of amides is 2. The minimum Gasteiger partial charge on any atom is -0.342 e. The Morgan fingerprint density at radius 3 is 2.72 bits per heavy atom. The lowest BCUT2D eigenvalue weighted by atomic mass is 9.78. The molecule has 25 heavy (non-hydrogen) atoms. The molecule has 1 aromatic carbocycles. The number of benzene rings is 1. The molecule has 136 valence electrons. The zero-order valence-electron chi connectivity index (χ0n) is 14.6. The first kappa shape index (κ1) is 17.8. The van der Waals surface area contributed by atoms with E-state index >= 15 is 0 Å². The quantitative estimate of drug-likeness (QED) is 0.837. The van der Waals surface area contributed by atoms with Crippen LogP contribution in [0.4, 0.5) is 8.78 Å². The van der Waals surface area contributed by atoms with Crippen LogP contribution in [0.15, 0.2) is 18.2 Å². The number of hydrogen-bond donors (Lipinski definition) is 0. The first-order valence-electron chi connectivity index (χ1n) is 8.96. The highest BCUT2D eigenvalue weighted by atomic mass is 19.2. The Balaban J connectivity index is 1.71. The summed E-state index contributed by atoms with van der Waals surface area (Å²) < 4.78 is 26.5. The molecule has 0 bridgehead atoms. The molecule has 6 heteroatoms. The van der Waals surface area contributed by atoms with E-state index in [1.54, 1.807) is 4.90 Å². The van der Waals surface area contributed by atoms with Crippen LogP contribution in [0.3, 0.4) is 0 Å². The van der Waals surface area contributed by atoms with Gasteiger partial charge in [0.25, 0.3) is 0 Å². The number of nitrogens with zero attached hydrogens (tertiary/aromatic N) is 2. The van der Waals surface area contributed by atoms with E-state index < -0.39 is 17.0 Å². The Kier molecular flexibility index (Phi) is 5.06. The molecule has 2 fully saturated rings. The van der Waals surface area contributed by atoms with E-state index in [4.69, 9.17) is 0 Å². The van der Waals surface area contributed by atoms with Crippen molar-refractivity contribution in [3.8, 4) is 0 Å². The van der Waals surface area contributed by atoms with E-state index in [2.05, 4.69) is 0 Å². The van der Waals surface area contributed by atoms with Gasteiger partial charge in [0, 0.05) is 32.6 Å². The van der Waals surface area contributed by atoms with Crippen LogP contribution in [0.1, 0.15) is 44.6 Å². The Morgan fingerprint density at radius 2 is 2.00 bits per heavy atom. The van der Waals surface area contributed by atoms with Gasteiger partial charge in [-0.15, -0.1) is 0 Å². The van der Waals surface area contributed by atoms with Gasteiger partial charge in [-0.25, -0.2) is 8.78 Å². The molecule has 1 spiro atoms. The Bertz CT molecular complexity index is 679. The van der Waals surface area contributed by atoms with Gasteiger partial charge in [-0.2, -0.15) is 0 Å². The van der Waals surface area contributed by atoms with Gasteiger partial charge in [0.05, 0.1) is 5.41 Å². The van der Waals surface area contributed by atoms with Gasteiger partial charge in [0.2, 0.25) is 11.8 Å². The van der Waals surface area contributed by atoms with Crippen molar-refractivity contribution in [2.75, 3.05) is 19.6 Å². The zero-order valence-corrected chi connectivity index (χ0v) is 14.6. The molecule has 1 aromatic rings. The molecular formula is C19H24F2N2O2. The third kappa shape index (κ3) is 3.53. The molecule has 0 saturated carbocycles. The Hall–Kier alpha value is -1.98. The number of piperidine rings is 1. The number of hydrogen-bond acceptors (Lipinski definition) is 2. The van der Waals surface area contributed by atoms with Gasteiger partial charge < -0.3 is 9.80 Å². The van der Waals surface area contributed by atoms with Crippen molar-refractivity contribution < 1.29 is 18.4 Å². The summed E-state index contributed by atoms with van der Waals surface area (Å²) in [4.78, 5) is 28.7. The minimum absolute atomic E-state index is 0.0373. The predicted molar refractivity (Wildman–Crippen MR) is 89.5 cm³/mol. The van der Waals surface area contributed by atoms with Crippen molar-refractivity contribution in [2.24, 2.45) is 5.41 Å². The summed E-state index contributed by atoms with van der Waals surface area (Å²) in [5, 5.41) is 0. The number of halogens is 2. The molecule has 2 heterocycles. The summed E-state index contributed by atoms with van der Waals surface area (Å²) in [6.07, 6.45) is 3.66. The van der Waals surface area contributed by atoms with Crippen LogP contribution < -0.4 is 0 Å². The van der Waals surface area contributed by atoms with Crippen LogP contribution in [0.5, 0.6) is 0 Å². The fraction of sp³-hybridized carbons (Fsp3) is 0.579. The zero-order chi connectivity index (χ0) is 18.0. The molecule has 0 radical (unpaired) electrons. The topological polar surface area (TPSA) is 40.6 Å². The van der Waals surface area contributed by atoms with Crippen molar-refractivity contribution in [3.63, 3.8) is 0 Å². The summed E-state index contributed by atoms with van der Waals surface area (Å²) >= 11 is 0. The number of carbonyl (C=O) groups excluding carboxylic acids is 2. The maximum Gasteiger partial charge on any atom is 0.230 e. The first-order chi connectivity index (χ1) is 11.9. The molecule has 0 aromatic heterocycles. The van der Waals surface area contributed by atoms with E-state index in [1.165, 1.54) is 6.07 Å². The lowest BCUT2D eigenvalue weighted by Crippen LogP contribution is -2.50. The van der Waals surface area contributed by atoms with Gasteiger partial charge >= 0.3 is 0 Å². The standard InChI is InChI=1S/C19H24F2N2O2/c1-2-4-17(24)23-10-8-19(13-23)7-3-9-22(18(19)25)12-14-5-6-15(20)16(21)11-14/h5-6,11H,2-4,7-10,12-13H2,1H3/t19-/m1/s1. The average molecular weight is 350 g/mol. The van der Waals surface area contributed by atoms with Crippen LogP contribution in [-0.2, 0) is 16.1 Å². The maximum atomic E-state index is 13.4. The highest BCUT2D eigenvalue weighted by molar-refractivity contribution is 5.86. The van der Waals surface area contributed by atoms with Crippen LogP contribution in [0.2, 0.25) is 0 Å². The molecule has 3 rings (SSSR count). The van der Waals surface area contributed by atoms with Gasteiger partial charge in [-0.05, 0) is 43.4 Å². The van der Waals surface area contributed by atoms with Crippen LogP contribution in [0.25, 0.3) is 0 Å². The molecule has 0 aliphatic carbocycles. The molecule has 2 saturated heterocycles. The predicted octanol–water partition coefficient (Wildman–Crippen LogP) is 3.11. The van der Waals surface area contributed by atoms with E-state index in [9.17, 15) is 18.4 Å². The van der Waals surface area contributed by atoms with Gasteiger partial charge in [0.15, 0.2) is 11.6 Å². The van der Waals surface area contributed by atoms with Crippen molar-refractivity contribution in [2.45, 2.75) is 45.6 Å². The molecule has 1 atom stereocenters. The second-order valence-electron chi connectivity index (χ2n) is 7.17. The van der Waals surface area contributed by atoms with Crippen LogP contribution in [-0.4, -0.2) is 41.2 Å². The highest BCUT2D eigenvalue weighted by Gasteiger charge is 2.49. The normalized spacial score (nSPS) is 23.6. The molecule has 2 aliphatic rings. The minimum atomic E-state index is -0.895.